The summed E-state index contributed by atoms with van der Waals surface area (Å²) >= 11 is 0. The van der Waals surface area contributed by atoms with Crippen molar-refractivity contribution in [3.8, 4) is 0 Å². The van der Waals surface area contributed by atoms with Gasteiger partial charge in [-0.05, 0) is 48.7 Å². The van der Waals surface area contributed by atoms with Crippen molar-refractivity contribution in [1.29, 1.82) is 0 Å². The van der Waals surface area contributed by atoms with Gasteiger partial charge in [0.1, 0.15) is 5.70 Å². The number of carbonyl (C=O) groups excluding carboxylic acids is 3. The molecule has 27 heavy (non-hydrogen) atoms. The number of hydrogen-bond donors (Lipinski definition) is 2. The molecule has 2 aromatic carbocycles. The van der Waals surface area contributed by atoms with Crippen LogP contribution in [0.1, 0.15) is 23.6 Å². The Balaban J connectivity index is 2.04. The molecule has 0 radical (unpaired) electrons. The molecule has 0 spiro atoms. The molecule has 2 aromatic rings. The van der Waals surface area contributed by atoms with Gasteiger partial charge in [0.15, 0.2) is 0 Å². The Morgan fingerprint density at radius 1 is 0.963 bits per heavy atom. The molecular formula is C21H21N3O3. The topological polar surface area (TPSA) is 78.5 Å². The Kier molecular flexibility index (Phi) is 4.81. The molecule has 6 nitrogen and oxygen atoms in total. The van der Waals surface area contributed by atoms with Gasteiger partial charge in [-0.15, -0.1) is 0 Å². The van der Waals surface area contributed by atoms with Gasteiger partial charge in [0, 0.05) is 25.3 Å². The third-order valence-electron chi connectivity index (χ3n) is 4.43. The van der Waals surface area contributed by atoms with E-state index in [4.69, 9.17) is 0 Å². The maximum absolute atomic E-state index is 12.7. The smallest absolute Gasteiger partial charge is 0.277 e. The number of hydrogen-bond acceptors (Lipinski definition) is 4. The molecule has 3 amide bonds. The Hall–Kier alpha value is -3.41. The highest BCUT2D eigenvalue weighted by Gasteiger charge is 2.36. The van der Waals surface area contributed by atoms with Gasteiger partial charge in [0.05, 0.1) is 5.57 Å². The molecule has 1 heterocycles. The fourth-order valence-corrected chi connectivity index (χ4v) is 2.95. The second kappa shape index (κ2) is 7.07. The van der Waals surface area contributed by atoms with E-state index in [1.54, 1.807) is 24.3 Å². The highest BCUT2D eigenvalue weighted by Crippen LogP contribution is 2.31. The number of benzene rings is 2. The van der Waals surface area contributed by atoms with Crippen molar-refractivity contribution in [1.82, 2.24) is 4.90 Å². The van der Waals surface area contributed by atoms with Crippen molar-refractivity contribution in [3.05, 3.63) is 64.9 Å². The Bertz CT molecular complexity index is 975. The van der Waals surface area contributed by atoms with Crippen LogP contribution in [-0.2, 0) is 14.4 Å². The lowest BCUT2D eigenvalue weighted by Gasteiger charge is -2.12. The zero-order valence-corrected chi connectivity index (χ0v) is 15.7. The number of rotatable bonds is 4. The van der Waals surface area contributed by atoms with Crippen LogP contribution in [0.5, 0.6) is 0 Å². The Labute approximate surface area is 157 Å². The minimum absolute atomic E-state index is 0.175. The van der Waals surface area contributed by atoms with E-state index >= 15 is 0 Å². The fourth-order valence-electron chi connectivity index (χ4n) is 2.95. The lowest BCUT2D eigenvalue weighted by Crippen LogP contribution is -2.28. The normalized spacial score (nSPS) is 14.0. The van der Waals surface area contributed by atoms with Crippen LogP contribution >= 0.6 is 0 Å². The molecule has 2 N–H and O–H groups in total. The second-order valence-electron chi connectivity index (χ2n) is 6.62. The Morgan fingerprint density at radius 3 is 2.26 bits per heavy atom. The van der Waals surface area contributed by atoms with Gasteiger partial charge in [-0.3, -0.25) is 19.3 Å². The number of aryl methyl sites for hydroxylation is 2. The first-order chi connectivity index (χ1) is 12.8. The molecule has 0 atom stereocenters. The SMILES string of the molecule is CC(=O)Nc1ccc(C2=C(Nc3cc(C)ccc3C)C(=O)N(C)C2=O)cc1. The van der Waals surface area contributed by atoms with E-state index in [0.717, 1.165) is 21.7 Å². The predicted octanol–water partition coefficient (Wildman–Crippen LogP) is 3.08. The summed E-state index contributed by atoms with van der Waals surface area (Å²) in [5.74, 6) is -0.909. The number of anilines is 2. The van der Waals surface area contributed by atoms with Gasteiger partial charge in [-0.1, -0.05) is 24.3 Å². The highest BCUT2D eigenvalue weighted by molar-refractivity contribution is 6.36. The lowest BCUT2D eigenvalue weighted by molar-refractivity contribution is -0.135. The van der Waals surface area contributed by atoms with E-state index in [-0.39, 0.29) is 23.4 Å². The quantitative estimate of drug-likeness (QED) is 0.819. The van der Waals surface area contributed by atoms with E-state index < -0.39 is 0 Å². The van der Waals surface area contributed by atoms with Crippen molar-refractivity contribution in [2.45, 2.75) is 20.8 Å². The standard InChI is InChI=1S/C21H21N3O3/c1-12-5-6-13(2)17(11-12)23-19-18(20(26)24(4)21(19)27)15-7-9-16(10-8-15)22-14(3)25/h5-11,23H,1-4H3,(H,22,25). The van der Waals surface area contributed by atoms with E-state index in [0.29, 0.717) is 16.8 Å². The zero-order chi connectivity index (χ0) is 19.7. The monoisotopic (exact) mass is 363 g/mol. The van der Waals surface area contributed by atoms with E-state index in [9.17, 15) is 14.4 Å². The van der Waals surface area contributed by atoms with E-state index in [1.807, 2.05) is 32.0 Å². The van der Waals surface area contributed by atoms with E-state index in [2.05, 4.69) is 10.6 Å². The van der Waals surface area contributed by atoms with Crippen molar-refractivity contribution >= 4 is 34.7 Å². The molecule has 0 bridgehead atoms. The van der Waals surface area contributed by atoms with Crippen LogP contribution in [0.25, 0.3) is 5.57 Å². The minimum Gasteiger partial charge on any atom is -0.350 e. The molecule has 6 heteroatoms. The summed E-state index contributed by atoms with van der Waals surface area (Å²) in [6, 6.07) is 12.7. The number of nitrogens with one attached hydrogen (secondary N) is 2. The first-order valence-electron chi connectivity index (χ1n) is 8.57. The number of amides is 3. The van der Waals surface area contributed by atoms with Gasteiger partial charge in [-0.25, -0.2) is 0 Å². The summed E-state index contributed by atoms with van der Waals surface area (Å²) in [4.78, 5) is 37.6. The molecule has 0 saturated carbocycles. The van der Waals surface area contributed by atoms with Crippen LogP contribution in [0.4, 0.5) is 11.4 Å². The van der Waals surface area contributed by atoms with Crippen LogP contribution in [0.2, 0.25) is 0 Å². The molecule has 0 aliphatic carbocycles. The first kappa shape index (κ1) is 18.4. The maximum Gasteiger partial charge on any atom is 0.277 e. The molecule has 0 unspecified atom stereocenters. The van der Waals surface area contributed by atoms with Crippen molar-refractivity contribution in [2.24, 2.45) is 0 Å². The van der Waals surface area contributed by atoms with Crippen molar-refractivity contribution < 1.29 is 14.4 Å². The zero-order valence-electron chi connectivity index (χ0n) is 15.7. The average molecular weight is 363 g/mol. The summed E-state index contributed by atoms with van der Waals surface area (Å²) in [6.07, 6.45) is 0. The van der Waals surface area contributed by atoms with Gasteiger partial charge < -0.3 is 10.6 Å². The summed E-state index contributed by atoms with van der Waals surface area (Å²) in [7, 11) is 1.47. The third-order valence-corrected chi connectivity index (χ3v) is 4.43. The molecule has 0 saturated heterocycles. The highest BCUT2D eigenvalue weighted by atomic mass is 16.2. The molecule has 3 rings (SSSR count). The molecule has 1 aliphatic rings. The van der Waals surface area contributed by atoms with Crippen LogP contribution in [0, 0.1) is 13.8 Å². The maximum atomic E-state index is 12.7. The third kappa shape index (κ3) is 3.60. The Morgan fingerprint density at radius 2 is 1.63 bits per heavy atom. The molecular weight excluding hydrogens is 342 g/mol. The van der Waals surface area contributed by atoms with E-state index in [1.165, 1.54) is 14.0 Å². The summed E-state index contributed by atoms with van der Waals surface area (Å²) in [5.41, 5.74) is 4.62. The summed E-state index contributed by atoms with van der Waals surface area (Å²) in [6.45, 7) is 5.33. The second-order valence-corrected chi connectivity index (χ2v) is 6.62. The summed E-state index contributed by atoms with van der Waals surface area (Å²) in [5, 5.41) is 5.84. The van der Waals surface area contributed by atoms with Gasteiger partial charge in [0.25, 0.3) is 11.8 Å². The van der Waals surface area contributed by atoms with Crippen LogP contribution in [-0.4, -0.2) is 29.7 Å². The van der Waals surface area contributed by atoms with Gasteiger partial charge in [-0.2, -0.15) is 0 Å². The average Bonchev–Trinajstić information content (AvgIpc) is 2.83. The van der Waals surface area contributed by atoms with Gasteiger partial charge >= 0.3 is 0 Å². The molecule has 138 valence electrons. The van der Waals surface area contributed by atoms with Crippen LogP contribution in [0.15, 0.2) is 48.2 Å². The van der Waals surface area contributed by atoms with Crippen LogP contribution in [0.3, 0.4) is 0 Å². The first-order valence-corrected chi connectivity index (χ1v) is 8.57. The molecule has 1 aliphatic heterocycles. The minimum atomic E-state index is -0.373. The van der Waals surface area contributed by atoms with Crippen LogP contribution < -0.4 is 10.6 Å². The number of carbonyl (C=O) groups is 3. The van der Waals surface area contributed by atoms with Crippen molar-refractivity contribution in [2.75, 3.05) is 17.7 Å². The number of nitrogens with zero attached hydrogens (tertiary/aromatic N) is 1. The van der Waals surface area contributed by atoms with Crippen molar-refractivity contribution in [3.63, 3.8) is 0 Å². The predicted molar refractivity (Wildman–Crippen MR) is 105 cm³/mol. The summed E-state index contributed by atoms with van der Waals surface area (Å²) < 4.78 is 0. The fraction of sp³-hybridized carbons (Fsp3) is 0.190. The lowest BCUT2D eigenvalue weighted by atomic mass is 10.0. The molecule has 0 fully saturated rings. The largest absolute Gasteiger partial charge is 0.350 e. The number of imide groups is 1. The number of likely N-dealkylation sites (N-methyl/N-ethyl adjacent to an activating group) is 1. The van der Waals surface area contributed by atoms with Gasteiger partial charge in [0.2, 0.25) is 5.91 Å². The molecule has 0 aromatic heterocycles.